The van der Waals surface area contributed by atoms with E-state index in [1.807, 2.05) is 31.3 Å². The number of carbonyl (C=O) groups is 2. The highest BCUT2D eigenvalue weighted by atomic mass is 35.5. The number of benzene rings is 1. The van der Waals surface area contributed by atoms with Crippen LogP contribution >= 0.6 is 22.9 Å². The first-order chi connectivity index (χ1) is 14.0. The molecule has 1 aromatic heterocycles. The molecule has 3 N–H and O–H groups in total. The Kier molecular flexibility index (Phi) is 6.95. The summed E-state index contributed by atoms with van der Waals surface area (Å²) in [5, 5.41) is 13.2. The predicted molar refractivity (Wildman–Crippen MR) is 116 cm³/mol. The number of halogens is 1. The lowest BCUT2D eigenvalue weighted by atomic mass is 10.2. The smallest absolute Gasteiger partial charge is 0.414 e. The molecule has 8 nitrogen and oxygen atoms in total. The monoisotopic (exact) mass is 435 g/mol. The molecule has 2 aromatic rings. The minimum Gasteiger partial charge on any atom is -0.442 e. The summed E-state index contributed by atoms with van der Waals surface area (Å²) in [5.41, 5.74) is 1.66. The van der Waals surface area contributed by atoms with Gasteiger partial charge in [0.2, 0.25) is 0 Å². The molecule has 10 heteroatoms. The van der Waals surface area contributed by atoms with Gasteiger partial charge in [-0.2, -0.15) is 0 Å². The Morgan fingerprint density at radius 1 is 1.38 bits per heavy atom. The molecule has 1 aliphatic rings. The van der Waals surface area contributed by atoms with Gasteiger partial charge in [0, 0.05) is 31.5 Å². The quantitative estimate of drug-likeness (QED) is 0.415. The Morgan fingerprint density at radius 2 is 2.14 bits per heavy atom. The van der Waals surface area contributed by atoms with Crippen molar-refractivity contribution >= 4 is 52.7 Å². The standard InChI is InChI=1S/C19H22ClN5O3S/c1-24(12-21)9-8-22-13-2-4-14(5-3-13)25-11-15(28-19(25)27)10-23-18(26)16-6-7-17(20)29-16/h2-7,12,15,21-22H,8-11H2,1H3,(H,23,26). The summed E-state index contributed by atoms with van der Waals surface area (Å²) in [7, 11) is 1.84. The first-order valence-corrected chi connectivity index (χ1v) is 10.2. The average Bonchev–Trinajstić information content (AvgIpc) is 3.32. The van der Waals surface area contributed by atoms with Crippen LogP contribution in [-0.2, 0) is 4.74 Å². The number of hydrogen-bond acceptors (Lipinski definition) is 6. The highest BCUT2D eigenvalue weighted by Gasteiger charge is 2.32. The second-order valence-electron chi connectivity index (χ2n) is 6.51. The van der Waals surface area contributed by atoms with Crippen LogP contribution < -0.4 is 15.5 Å². The molecule has 1 unspecified atom stereocenters. The highest BCUT2D eigenvalue weighted by Crippen LogP contribution is 2.24. The summed E-state index contributed by atoms with van der Waals surface area (Å²) in [5.74, 6) is -0.236. The van der Waals surface area contributed by atoms with Gasteiger partial charge >= 0.3 is 6.09 Å². The largest absolute Gasteiger partial charge is 0.442 e. The number of carbonyl (C=O) groups excluding carboxylic acids is 2. The third-order valence-corrected chi connectivity index (χ3v) is 5.58. The lowest BCUT2D eigenvalue weighted by Gasteiger charge is -2.15. The molecule has 0 saturated carbocycles. The molecular weight excluding hydrogens is 414 g/mol. The Bertz CT molecular complexity index is 873. The van der Waals surface area contributed by atoms with E-state index in [-0.39, 0.29) is 12.5 Å². The van der Waals surface area contributed by atoms with E-state index in [4.69, 9.17) is 21.7 Å². The molecule has 1 fully saturated rings. The molecule has 2 amide bonds. The van der Waals surface area contributed by atoms with Crippen LogP contribution in [-0.4, -0.2) is 62.6 Å². The van der Waals surface area contributed by atoms with Crippen LogP contribution in [0.4, 0.5) is 16.2 Å². The number of nitrogens with one attached hydrogen (secondary N) is 3. The van der Waals surface area contributed by atoms with Gasteiger partial charge in [-0.15, -0.1) is 11.3 Å². The lowest BCUT2D eigenvalue weighted by Crippen LogP contribution is -2.34. The van der Waals surface area contributed by atoms with Gasteiger partial charge in [0.25, 0.3) is 5.91 Å². The van der Waals surface area contributed by atoms with Crippen molar-refractivity contribution in [2.45, 2.75) is 6.10 Å². The number of anilines is 2. The van der Waals surface area contributed by atoms with Gasteiger partial charge in [0.15, 0.2) is 0 Å². The van der Waals surface area contributed by atoms with Gasteiger partial charge < -0.3 is 20.3 Å². The number of amides is 2. The molecule has 0 spiro atoms. The zero-order valence-electron chi connectivity index (χ0n) is 15.9. The minimum absolute atomic E-state index is 0.233. The number of likely N-dealkylation sites (N-methyl/N-ethyl adjacent to an activating group) is 1. The fraction of sp³-hybridized carbons (Fsp3) is 0.316. The molecule has 29 heavy (non-hydrogen) atoms. The van der Waals surface area contributed by atoms with Crippen LogP contribution in [0, 0.1) is 5.41 Å². The molecule has 0 bridgehead atoms. The van der Waals surface area contributed by atoms with E-state index in [0.717, 1.165) is 17.9 Å². The Labute approximate surface area is 177 Å². The van der Waals surface area contributed by atoms with Crippen molar-refractivity contribution in [2.24, 2.45) is 0 Å². The van der Waals surface area contributed by atoms with E-state index in [1.165, 1.54) is 17.7 Å². The highest BCUT2D eigenvalue weighted by molar-refractivity contribution is 7.17. The summed E-state index contributed by atoms with van der Waals surface area (Å²) in [6, 6.07) is 10.8. The van der Waals surface area contributed by atoms with E-state index in [0.29, 0.717) is 22.3 Å². The summed E-state index contributed by atoms with van der Waals surface area (Å²) in [6.07, 6.45) is 0.422. The van der Waals surface area contributed by atoms with Crippen LogP contribution in [0.5, 0.6) is 0 Å². The topological polar surface area (TPSA) is 97.8 Å². The van der Waals surface area contributed by atoms with Gasteiger partial charge in [-0.3, -0.25) is 15.1 Å². The van der Waals surface area contributed by atoms with Gasteiger partial charge in [-0.1, -0.05) is 11.6 Å². The van der Waals surface area contributed by atoms with E-state index in [2.05, 4.69) is 10.6 Å². The molecule has 0 radical (unpaired) electrons. The third-order valence-electron chi connectivity index (χ3n) is 4.35. The zero-order chi connectivity index (χ0) is 20.8. The third kappa shape index (κ3) is 5.61. The van der Waals surface area contributed by atoms with Crippen LogP contribution in [0.25, 0.3) is 0 Å². The van der Waals surface area contributed by atoms with Crippen molar-refractivity contribution in [2.75, 3.05) is 43.4 Å². The first-order valence-electron chi connectivity index (χ1n) is 9.02. The molecule has 2 heterocycles. The lowest BCUT2D eigenvalue weighted by molar-refractivity contribution is 0.0920. The molecule has 1 saturated heterocycles. The maximum absolute atomic E-state index is 12.2. The normalized spacial score (nSPS) is 15.7. The first kappa shape index (κ1) is 20.9. The molecule has 1 aliphatic heterocycles. The second-order valence-corrected chi connectivity index (χ2v) is 8.23. The van der Waals surface area contributed by atoms with Gasteiger partial charge in [0.1, 0.15) is 6.10 Å². The molecule has 0 aliphatic carbocycles. The fourth-order valence-corrected chi connectivity index (χ4v) is 3.73. The van der Waals surface area contributed by atoms with Crippen molar-refractivity contribution in [3.8, 4) is 0 Å². The number of hydrogen-bond donors (Lipinski definition) is 3. The van der Waals surface area contributed by atoms with Crippen molar-refractivity contribution in [3.63, 3.8) is 0 Å². The Hall–Kier alpha value is -2.78. The SMILES string of the molecule is CN(C=N)CCNc1ccc(N2CC(CNC(=O)c3ccc(Cl)s3)OC2=O)cc1. The van der Waals surface area contributed by atoms with Crippen molar-refractivity contribution in [1.82, 2.24) is 10.2 Å². The Morgan fingerprint density at radius 3 is 2.79 bits per heavy atom. The zero-order valence-corrected chi connectivity index (χ0v) is 17.4. The van der Waals surface area contributed by atoms with Crippen LogP contribution in [0.15, 0.2) is 36.4 Å². The molecule has 154 valence electrons. The van der Waals surface area contributed by atoms with Gasteiger partial charge in [-0.05, 0) is 36.4 Å². The molecule has 3 rings (SSSR count). The maximum Gasteiger partial charge on any atom is 0.414 e. The minimum atomic E-state index is -0.434. The summed E-state index contributed by atoms with van der Waals surface area (Å²) >= 11 is 7.05. The van der Waals surface area contributed by atoms with E-state index < -0.39 is 12.2 Å². The number of thiophene rings is 1. The number of cyclic esters (lactones) is 1. The number of rotatable bonds is 9. The fourth-order valence-electron chi connectivity index (χ4n) is 2.77. The van der Waals surface area contributed by atoms with Crippen LogP contribution in [0.1, 0.15) is 9.67 Å². The summed E-state index contributed by atoms with van der Waals surface area (Å²) in [6.45, 7) is 2.01. The van der Waals surface area contributed by atoms with E-state index >= 15 is 0 Å². The van der Waals surface area contributed by atoms with Gasteiger partial charge in [-0.25, -0.2) is 4.79 Å². The van der Waals surface area contributed by atoms with Crippen molar-refractivity contribution in [1.29, 1.82) is 5.41 Å². The predicted octanol–water partition coefficient (Wildman–Crippen LogP) is 3.11. The molecule has 1 atom stereocenters. The van der Waals surface area contributed by atoms with Crippen molar-refractivity contribution in [3.05, 3.63) is 45.6 Å². The van der Waals surface area contributed by atoms with Crippen molar-refractivity contribution < 1.29 is 14.3 Å². The maximum atomic E-state index is 12.2. The molecular formula is C19H22ClN5O3S. The van der Waals surface area contributed by atoms with Gasteiger partial charge in [0.05, 0.1) is 28.6 Å². The second kappa shape index (κ2) is 9.62. The van der Waals surface area contributed by atoms with Crippen LogP contribution in [0.3, 0.4) is 0 Å². The summed E-state index contributed by atoms with van der Waals surface area (Å²) in [4.78, 5) is 28.1. The van der Waals surface area contributed by atoms with Crippen LogP contribution in [0.2, 0.25) is 4.34 Å². The Balaban J connectivity index is 1.49. The average molecular weight is 436 g/mol. The van der Waals surface area contributed by atoms with E-state index in [1.54, 1.807) is 21.9 Å². The molecule has 1 aromatic carbocycles. The van der Waals surface area contributed by atoms with E-state index in [9.17, 15) is 9.59 Å². The number of nitrogens with zero attached hydrogens (tertiary/aromatic N) is 2. The number of ether oxygens (including phenoxy) is 1. The summed E-state index contributed by atoms with van der Waals surface area (Å²) < 4.78 is 5.91.